The van der Waals surface area contributed by atoms with Crippen molar-refractivity contribution < 1.29 is 56.8 Å². The van der Waals surface area contributed by atoms with Crippen LogP contribution in [0.1, 0.15) is 0 Å². The highest BCUT2D eigenvalue weighted by molar-refractivity contribution is 7.80. The zero-order chi connectivity index (χ0) is 20.9. The molecular formula is C11H20N2O12S. The largest absolute Gasteiger partial charge is 0.480 e. The summed E-state index contributed by atoms with van der Waals surface area (Å²) in [6.07, 6.45) is 0. The first kappa shape index (κ1) is 25.9. The Morgan fingerprint density at radius 2 is 0.923 bits per heavy atom. The Kier molecular flexibility index (Phi) is 12.9. The lowest BCUT2D eigenvalue weighted by Gasteiger charge is -2.23. The third-order valence-corrected chi connectivity index (χ3v) is 2.80. The third-order valence-electron chi connectivity index (χ3n) is 2.38. The lowest BCUT2D eigenvalue weighted by atomic mass is 10.4. The summed E-state index contributed by atoms with van der Waals surface area (Å²) >= 11 is 0. The van der Waals surface area contributed by atoms with Crippen molar-refractivity contribution in [3.05, 3.63) is 0 Å². The number of rotatable bonds is 12. The maximum absolute atomic E-state index is 10.6. The van der Waals surface area contributed by atoms with Crippen molar-refractivity contribution in [2.45, 2.75) is 0 Å². The maximum Gasteiger partial charge on any atom is 0.397 e. The first-order valence-electron chi connectivity index (χ1n) is 6.61. The molecule has 0 aromatic rings. The standard InChI is InChI=1S/C10H16N2O8.CH4O4S/c13-7(14)3-11(4-8(15)16)1-2-12(5-9(17)18)6-10(19)20;1-5-6(2,3)4/h1-6H2,(H,13,14)(H,15,16)(H,17,18)(H,19,20);1H3,(H,2,3,4). The van der Waals surface area contributed by atoms with Crippen LogP contribution in [0.5, 0.6) is 0 Å². The zero-order valence-electron chi connectivity index (χ0n) is 13.6. The molecule has 0 amide bonds. The molecule has 0 aliphatic heterocycles. The number of aliphatic carboxylic acids is 4. The quantitative estimate of drug-likeness (QED) is 0.210. The van der Waals surface area contributed by atoms with Crippen LogP contribution in [0.4, 0.5) is 0 Å². The molecule has 0 aliphatic carbocycles. The van der Waals surface area contributed by atoms with Crippen molar-refractivity contribution in [3.63, 3.8) is 0 Å². The summed E-state index contributed by atoms with van der Waals surface area (Å²) in [6.45, 7) is -2.25. The molecule has 0 aromatic carbocycles. The Hall–Kier alpha value is -2.33. The van der Waals surface area contributed by atoms with Crippen molar-refractivity contribution in [3.8, 4) is 0 Å². The number of hydrogen-bond acceptors (Lipinski definition) is 9. The average Bonchev–Trinajstić information content (AvgIpc) is 2.42. The van der Waals surface area contributed by atoms with E-state index < -0.39 is 60.5 Å². The molecule has 0 saturated heterocycles. The van der Waals surface area contributed by atoms with Crippen LogP contribution in [0.15, 0.2) is 0 Å². The zero-order valence-corrected chi connectivity index (χ0v) is 14.5. The Morgan fingerprint density at radius 3 is 1.04 bits per heavy atom. The molecule has 152 valence electrons. The second-order valence-electron chi connectivity index (χ2n) is 4.59. The molecule has 0 aliphatic rings. The molecule has 0 atom stereocenters. The van der Waals surface area contributed by atoms with E-state index in [1.165, 1.54) is 0 Å². The molecule has 0 unspecified atom stereocenters. The van der Waals surface area contributed by atoms with Gasteiger partial charge in [-0.1, -0.05) is 0 Å². The van der Waals surface area contributed by atoms with Gasteiger partial charge in [0.2, 0.25) is 0 Å². The second-order valence-corrected chi connectivity index (χ2v) is 5.78. The Bertz CT molecular complexity index is 522. The van der Waals surface area contributed by atoms with Crippen LogP contribution in [-0.4, -0.2) is 113 Å². The molecule has 15 heteroatoms. The van der Waals surface area contributed by atoms with Crippen LogP contribution in [0.2, 0.25) is 0 Å². The summed E-state index contributed by atoms with van der Waals surface area (Å²) in [5, 5.41) is 34.5. The SMILES string of the molecule is COS(=O)(=O)O.O=C(O)CN(CCN(CC(=O)O)CC(=O)O)CC(=O)O. The molecule has 0 spiro atoms. The van der Waals surface area contributed by atoms with Gasteiger partial charge in [0.05, 0.1) is 33.3 Å². The van der Waals surface area contributed by atoms with Crippen molar-refractivity contribution in [2.75, 3.05) is 46.4 Å². The average molecular weight is 404 g/mol. The molecule has 0 heterocycles. The Labute approximate surface area is 148 Å². The van der Waals surface area contributed by atoms with E-state index in [2.05, 4.69) is 4.18 Å². The van der Waals surface area contributed by atoms with Crippen molar-refractivity contribution in [1.82, 2.24) is 9.80 Å². The van der Waals surface area contributed by atoms with Gasteiger partial charge >= 0.3 is 34.3 Å². The molecule has 14 nitrogen and oxygen atoms in total. The molecule has 0 fully saturated rings. The third kappa shape index (κ3) is 19.7. The van der Waals surface area contributed by atoms with E-state index in [-0.39, 0.29) is 13.1 Å². The summed E-state index contributed by atoms with van der Waals surface area (Å²) in [5.41, 5.74) is 0. The van der Waals surface area contributed by atoms with E-state index in [1.807, 2.05) is 0 Å². The monoisotopic (exact) mass is 404 g/mol. The normalized spacial score (nSPS) is 10.9. The molecule has 5 N–H and O–H groups in total. The molecule has 0 radical (unpaired) electrons. The van der Waals surface area contributed by atoms with Crippen LogP contribution in [0.3, 0.4) is 0 Å². The minimum atomic E-state index is -4.16. The predicted molar refractivity (Wildman–Crippen MR) is 82.0 cm³/mol. The highest BCUT2D eigenvalue weighted by atomic mass is 32.3. The fraction of sp³-hybridized carbons (Fsp3) is 0.636. The van der Waals surface area contributed by atoms with Gasteiger partial charge < -0.3 is 20.4 Å². The summed E-state index contributed by atoms with van der Waals surface area (Å²) in [6, 6.07) is 0. The van der Waals surface area contributed by atoms with Crippen molar-refractivity contribution >= 4 is 34.3 Å². The van der Waals surface area contributed by atoms with E-state index in [1.54, 1.807) is 0 Å². The fourth-order valence-electron chi connectivity index (χ4n) is 1.48. The van der Waals surface area contributed by atoms with Crippen molar-refractivity contribution in [2.24, 2.45) is 0 Å². The molecule has 0 aromatic heterocycles. The van der Waals surface area contributed by atoms with Gasteiger partial charge in [-0.05, 0) is 0 Å². The Balaban J connectivity index is 0. The van der Waals surface area contributed by atoms with E-state index in [0.29, 0.717) is 0 Å². The smallest absolute Gasteiger partial charge is 0.397 e. The number of carbonyl (C=O) groups is 4. The van der Waals surface area contributed by atoms with E-state index in [9.17, 15) is 27.6 Å². The van der Waals surface area contributed by atoms with Gasteiger partial charge in [-0.2, -0.15) is 8.42 Å². The van der Waals surface area contributed by atoms with Gasteiger partial charge in [0.15, 0.2) is 0 Å². The first-order chi connectivity index (χ1) is 11.8. The van der Waals surface area contributed by atoms with Crippen molar-refractivity contribution in [1.29, 1.82) is 0 Å². The number of hydrogen-bond donors (Lipinski definition) is 5. The second kappa shape index (κ2) is 13.0. The van der Waals surface area contributed by atoms with Crippen LogP contribution in [0, 0.1) is 0 Å². The van der Waals surface area contributed by atoms with E-state index in [4.69, 9.17) is 25.0 Å². The minimum absolute atomic E-state index is 0.0703. The molecule has 26 heavy (non-hydrogen) atoms. The minimum Gasteiger partial charge on any atom is -0.480 e. The first-order valence-corrected chi connectivity index (χ1v) is 7.98. The van der Waals surface area contributed by atoms with Gasteiger partial charge in [0, 0.05) is 13.1 Å². The van der Waals surface area contributed by atoms with E-state index in [0.717, 1.165) is 16.9 Å². The van der Waals surface area contributed by atoms with Crippen LogP contribution >= 0.6 is 0 Å². The summed E-state index contributed by atoms with van der Waals surface area (Å²) in [5.74, 6) is -4.91. The van der Waals surface area contributed by atoms with Gasteiger partial charge in [-0.3, -0.25) is 37.7 Å². The highest BCUT2D eigenvalue weighted by Crippen LogP contribution is 1.94. The highest BCUT2D eigenvalue weighted by Gasteiger charge is 2.17. The Morgan fingerprint density at radius 1 is 0.731 bits per heavy atom. The number of carboxylic acids is 4. The molecule has 0 saturated carbocycles. The predicted octanol–water partition coefficient (Wildman–Crippen LogP) is -2.64. The summed E-state index contributed by atoms with van der Waals surface area (Å²) in [7, 11) is -3.29. The number of carboxylic acid groups (broad SMARTS) is 4. The van der Waals surface area contributed by atoms with Gasteiger partial charge in [-0.25, -0.2) is 0 Å². The molecule has 0 bridgehead atoms. The maximum atomic E-state index is 10.6. The van der Waals surface area contributed by atoms with E-state index >= 15 is 0 Å². The topological polar surface area (TPSA) is 219 Å². The molecular weight excluding hydrogens is 384 g/mol. The van der Waals surface area contributed by atoms with Crippen LogP contribution in [0.25, 0.3) is 0 Å². The summed E-state index contributed by atoms with van der Waals surface area (Å²) in [4.78, 5) is 44.4. The lowest BCUT2D eigenvalue weighted by molar-refractivity contribution is -0.145. The van der Waals surface area contributed by atoms with Gasteiger partial charge in [0.25, 0.3) is 0 Å². The van der Waals surface area contributed by atoms with Crippen LogP contribution < -0.4 is 0 Å². The summed E-state index contributed by atoms with van der Waals surface area (Å²) < 4.78 is 29.7. The van der Waals surface area contributed by atoms with Gasteiger partial charge in [0.1, 0.15) is 0 Å². The molecule has 0 rings (SSSR count). The number of nitrogens with zero attached hydrogens (tertiary/aromatic N) is 2. The lowest BCUT2D eigenvalue weighted by Crippen LogP contribution is -2.43. The fourth-order valence-corrected chi connectivity index (χ4v) is 1.48. The van der Waals surface area contributed by atoms with Gasteiger partial charge in [-0.15, -0.1) is 0 Å². The van der Waals surface area contributed by atoms with Crippen LogP contribution in [-0.2, 0) is 33.8 Å².